The van der Waals surface area contributed by atoms with Gasteiger partial charge in [-0.1, -0.05) is 48.5 Å². The van der Waals surface area contributed by atoms with Gasteiger partial charge in [-0.2, -0.15) is 0 Å². The molecule has 1 amide bonds. The Morgan fingerprint density at radius 3 is 2.29 bits per heavy atom. The first kappa shape index (κ1) is 15.7. The van der Waals surface area contributed by atoms with Gasteiger partial charge >= 0.3 is 0 Å². The van der Waals surface area contributed by atoms with Crippen molar-refractivity contribution in [2.45, 2.75) is 6.54 Å². The monoisotopic (exact) mass is 318 g/mol. The number of aromatic nitrogens is 1. The molecule has 4 heteroatoms. The molecular formula is C20H18N2O2. The second-order valence-corrected chi connectivity index (χ2v) is 5.33. The Kier molecular flexibility index (Phi) is 4.87. The van der Waals surface area contributed by atoms with Gasteiger partial charge in [-0.3, -0.25) is 4.79 Å². The van der Waals surface area contributed by atoms with Crippen molar-refractivity contribution in [3.8, 4) is 17.0 Å². The topological polar surface area (TPSA) is 51.2 Å². The van der Waals surface area contributed by atoms with Crippen LogP contribution in [0.3, 0.4) is 0 Å². The molecule has 4 nitrogen and oxygen atoms in total. The Balaban J connectivity index is 1.62. The van der Waals surface area contributed by atoms with E-state index in [1.54, 1.807) is 19.4 Å². The number of hydrogen-bond donors (Lipinski definition) is 1. The maximum atomic E-state index is 12.2. The molecule has 3 aromatic rings. The summed E-state index contributed by atoms with van der Waals surface area (Å²) < 4.78 is 5.01. The number of nitrogens with one attached hydrogen (secondary N) is 1. The molecule has 0 radical (unpaired) electrons. The van der Waals surface area contributed by atoms with E-state index < -0.39 is 0 Å². The molecule has 120 valence electrons. The van der Waals surface area contributed by atoms with Crippen LogP contribution in [0.15, 0.2) is 72.9 Å². The maximum Gasteiger partial charge on any atom is 0.251 e. The van der Waals surface area contributed by atoms with Gasteiger partial charge in [0.2, 0.25) is 5.88 Å². The third kappa shape index (κ3) is 3.79. The molecule has 0 fully saturated rings. The van der Waals surface area contributed by atoms with Crippen LogP contribution in [-0.4, -0.2) is 18.0 Å². The van der Waals surface area contributed by atoms with Crippen molar-refractivity contribution < 1.29 is 9.53 Å². The van der Waals surface area contributed by atoms with Crippen LogP contribution in [0, 0.1) is 0 Å². The van der Waals surface area contributed by atoms with Gasteiger partial charge in [0.15, 0.2) is 0 Å². The Morgan fingerprint density at radius 2 is 1.67 bits per heavy atom. The van der Waals surface area contributed by atoms with Crippen LogP contribution in [0.4, 0.5) is 0 Å². The van der Waals surface area contributed by atoms with Crippen LogP contribution in [-0.2, 0) is 6.54 Å². The number of methoxy groups -OCH3 is 1. The van der Waals surface area contributed by atoms with Gasteiger partial charge in [-0.05, 0) is 28.8 Å². The molecule has 1 aromatic heterocycles. The summed E-state index contributed by atoms with van der Waals surface area (Å²) in [6.45, 7) is 0.427. The predicted molar refractivity (Wildman–Crippen MR) is 93.8 cm³/mol. The van der Waals surface area contributed by atoms with Crippen molar-refractivity contribution >= 4 is 5.91 Å². The van der Waals surface area contributed by atoms with E-state index in [9.17, 15) is 4.79 Å². The van der Waals surface area contributed by atoms with Crippen molar-refractivity contribution in [2.75, 3.05) is 7.11 Å². The third-order valence-electron chi connectivity index (χ3n) is 3.71. The summed E-state index contributed by atoms with van der Waals surface area (Å²) in [5, 5.41) is 2.89. The summed E-state index contributed by atoms with van der Waals surface area (Å²) in [5.41, 5.74) is 3.78. The summed E-state index contributed by atoms with van der Waals surface area (Å²) in [5.74, 6) is 0.451. The van der Waals surface area contributed by atoms with Crippen LogP contribution in [0.2, 0.25) is 0 Å². The number of hydrogen-bond acceptors (Lipinski definition) is 3. The average Bonchev–Trinajstić information content (AvgIpc) is 2.67. The Morgan fingerprint density at radius 1 is 0.958 bits per heavy atom. The first-order valence-corrected chi connectivity index (χ1v) is 7.69. The molecule has 1 N–H and O–H groups in total. The summed E-state index contributed by atoms with van der Waals surface area (Å²) in [6.07, 6.45) is 1.69. The second kappa shape index (κ2) is 7.42. The zero-order valence-corrected chi connectivity index (χ0v) is 13.4. The highest BCUT2D eigenvalue weighted by Crippen LogP contribution is 2.19. The highest BCUT2D eigenvalue weighted by Gasteiger charge is 2.06. The molecule has 0 atom stereocenters. The van der Waals surface area contributed by atoms with Gasteiger partial charge in [-0.25, -0.2) is 4.98 Å². The number of carbonyl (C=O) groups is 1. The Hall–Kier alpha value is -3.14. The van der Waals surface area contributed by atoms with Crippen molar-refractivity contribution in [1.82, 2.24) is 10.3 Å². The van der Waals surface area contributed by atoms with Crippen molar-refractivity contribution in [3.05, 3.63) is 84.1 Å². The maximum absolute atomic E-state index is 12.2. The smallest absolute Gasteiger partial charge is 0.251 e. The number of nitrogens with zero attached hydrogens (tertiary/aromatic N) is 1. The van der Waals surface area contributed by atoms with Crippen LogP contribution in [0.1, 0.15) is 15.9 Å². The average molecular weight is 318 g/mol. The van der Waals surface area contributed by atoms with E-state index in [2.05, 4.69) is 10.3 Å². The fourth-order valence-corrected chi connectivity index (χ4v) is 2.37. The summed E-state index contributed by atoms with van der Waals surface area (Å²) in [4.78, 5) is 16.4. The first-order chi connectivity index (χ1) is 11.8. The number of amides is 1. The normalized spacial score (nSPS) is 10.2. The van der Waals surface area contributed by atoms with E-state index in [-0.39, 0.29) is 5.91 Å². The molecule has 0 spiro atoms. The van der Waals surface area contributed by atoms with Crippen LogP contribution < -0.4 is 10.1 Å². The number of rotatable bonds is 5. The fraction of sp³-hybridized carbons (Fsp3) is 0.100. The molecule has 0 unspecified atom stereocenters. The highest BCUT2D eigenvalue weighted by molar-refractivity contribution is 5.94. The summed E-state index contributed by atoms with van der Waals surface area (Å²) in [7, 11) is 1.57. The van der Waals surface area contributed by atoms with Crippen LogP contribution >= 0.6 is 0 Å². The van der Waals surface area contributed by atoms with Gasteiger partial charge in [0.05, 0.1) is 7.11 Å². The molecular weight excluding hydrogens is 300 g/mol. The largest absolute Gasteiger partial charge is 0.481 e. The van der Waals surface area contributed by atoms with Crippen molar-refractivity contribution in [2.24, 2.45) is 0 Å². The van der Waals surface area contributed by atoms with E-state index >= 15 is 0 Å². The summed E-state index contributed by atoms with van der Waals surface area (Å²) in [6, 6.07) is 21.3. The highest BCUT2D eigenvalue weighted by atomic mass is 16.5. The van der Waals surface area contributed by atoms with Crippen LogP contribution in [0.5, 0.6) is 5.88 Å². The molecule has 0 aliphatic heterocycles. The minimum Gasteiger partial charge on any atom is -0.481 e. The van der Waals surface area contributed by atoms with Gasteiger partial charge < -0.3 is 10.1 Å². The molecule has 0 saturated heterocycles. The van der Waals surface area contributed by atoms with Crippen molar-refractivity contribution in [1.29, 1.82) is 0 Å². The molecule has 0 saturated carbocycles. The second-order valence-electron chi connectivity index (χ2n) is 5.33. The SMILES string of the molecule is COc1ccc(CNC(=O)c2ccc(-c3ccccc3)cc2)cn1. The van der Waals surface area contributed by atoms with Gasteiger partial charge in [0.1, 0.15) is 0 Å². The minimum absolute atomic E-state index is 0.106. The number of carbonyl (C=O) groups excluding carboxylic acids is 1. The quantitative estimate of drug-likeness (QED) is 0.780. The molecule has 1 heterocycles. The minimum atomic E-state index is -0.106. The predicted octanol–water partition coefficient (Wildman–Crippen LogP) is 3.69. The number of ether oxygens (including phenoxy) is 1. The van der Waals surface area contributed by atoms with Gasteiger partial charge in [0.25, 0.3) is 5.91 Å². The lowest BCUT2D eigenvalue weighted by molar-refractivity contribution is 0.0951. The first-order valence-electron chi connectivity index (χ1n) is 7.69. The zero-order valence-electron chi connectivity index (χ0n) is 13.4. The molecule has 2 aromatic carbocycles. The van der Waals surface area contributed by atoms with Crippen molar-refractivity contribution in [3.63, 3.8) is 0 Å². The van der Waals surface area contributed by atoms with E-state index in [1.165, 1.54) is 0 Å². The lowest BCUT2D eigenvalue weighted by Crippen LogP contribution is -2.22. The molecule has 3 rings (SSSR count). The van der Waals surface area contributed by atoms with Crippen LogP contribution in [0.25, 0.3) is 11.1 Å². The Bertz CT molecular complexity index is 797. The molecule has 0 aliphatic rings. The van der Waals surface area contributed by atoms with Gasteiger partial charge in [0, 0.05) is 24.4 Å². The molecule has 24 heavy (non-hydrogen) atoms. The lowest BCUT2D eigenvalue weighted by Gasteiger charge is -2.07. The van der Waals surface area contributed by atoms with E-state index in [0.29, 0.717) is 18.0 Å². The molecule has 0 bridgehead atoms. The number of benzene rings is 2. The van der Waals surface area contributed by atoms with E-state index in [4.69, 9.17) is 4.74 Å². The zero-order chi connectivity index (χ0) is 16.8. The standard InChI is InChI=1S/C20H18N2O2/c1-24-19-12-7-15(13-21-19)14-22-20(23)18-10-8-17(9-11-18)16-5-3-2-4-6-16/h2-13H,14H2,1H3,(H,22,23). The Labute approximate surface area is 141 Å². The molecule has 0 aliphatic carbocycles. The number of pyridine rings is 1. The third-order valence-corrected chi connectivity index (χ3v) is 3.71. The fourth-order valence-electron chi connectivity index (χ4n) is 2.37. The summed E-state index contributed by atoms with van der Waals surface area (Å²) >= 11 is 0. The van der Waals surface area contributed by atoms with E-state index in [1.807, 2.05) is 60.7 Å². The lowest BCUT2D eigenvalue weighted by atomic mass is 10.0. The van der Waals surface area contributed by atoms with Gasteiger partial charge in [-0.15, -0.1) is 0 Å². The van der Waals surface area contributed by atoms with E-state index in [0.717, 1.165) is 16.7 Å².